The number of phenols is 3. The second-order valence-corrected chi connectivity index (χ2v) is 12.4. The van der Waals surface area contributed by atoms with Crippen molar-refractivity contribution in [3.05, 3.63) is 107 Å². The number of rotatable bonds is 6. The van der Waals surface area contributed by atoms with Crippen molar-refractivity contribution in [1.29, 1.82) is 0 Å². The van der Waals surface area contributed by atoms with Gasteiger partial charge < -0.3 is 20.6 Å². The molecule has 4 aromatic rings. The minimum Gasteiger partial charge on any atom is -0.504 e. The number of nitrogens with one attached hydrogen (secondary N) is 1. The zero-order chi connectivity index (χ0) is 28.5. The first kappa shape index (κ1) is 27.7. The summed E-state index contributed by atoms with van der Waals surface area (Å²) in [6, 6.07) is 21.4. The fourth-order valence-corrected chi connectivity index (χ4v) is 6.06. The van der Waals surface area contributed by atoms with Crippen molar-refractivity contribution in [3.63, 3.8) is 0 Å². The Morgan fingerprint density at radius 1 is 0.795 bits per heavy atom. The summed E-state index contributed by atoms with van der Waals surface area (Å²) in [6.45, 7) is 7.75. The summed E-state index contributed by atoms with van der Waals surface area (Å²) >= 11 is 0. The first-order valence-electron chi connectivity index (χ1n) is 12.4. The summed E-state index contributed by atoms with van der Waals surface area (Å²) < 4.78 is 26.8. The maximum atomic E-state index is 13.4. The van der Waals surface area contributed by atoms with Crippen molar-refractivity contribution in [2.75, 3.05) is 5.32 Å². The number of carbonyl (C=O) groups excluding carboxylic acids is 1. The Kier molecular flexibility index (Phi) is 7.44. The monoisotopic (exact) mass is 545 g/mol. The third kappa shape index (κ3) is 5.61. The van der Waals surface area contributed by atoms with E-state index in [4.69, 9.17) is 0 Å². The Morgan fingerprint density at radius 3 is 2.05 bits per heavy atom. The number of benzene rings is 4. The molecule has 8 heteroatoms. The smallest absolute Gasteiger partial charge is 0.259 e. The second-order valence-electron chi connectivity index (χ2n) is 10.5. The number of aryl methyl sites for hydroxylation is 1. The van der Waals surface area contributed by atoms with Gasteiger partial charge in [0.2, 0.25) is 15.6 Å². The summed E-state index contributed by atoms with van der Waals surface area (Å²) in [5, 5.41) is 33.7. The first-order valence-corrected chi connectivity index (χ1v) is 13.9. The second kappa shape index (κ2) is 10.5. The van der Waals surface area contributed by atoms with E-state index in [0.29, 0.717) is 5.56 Å². The molecule has 202 valence electrons. The molecule has 4 N–H and O–H groups in total. The normalized spacial score (nSPS) is 11.8. The number of anilines is 1. The molecule has 0 aromatic heterocycles. The predicted octanol–water partition coefficient (Wildman–Crippen LogP) is 6.09. The molecule has 0 spiro atoms. The van der Waals surface area contributed by atoms with Crippen LogP contribution in [0.15, 0.2) is 88.7 Å². The van der Waals surface area contributed by atoms with Crippen LogP contribution in [0.4, 0.5) is 5.69 Å². The van der Waals surface area contributed by atoms with E-state index in [1.165, 1.54) is 30.3 Å². The van der Waals surface area contributed by atoms with Crippen LogP contribution < -0.4 is 5.32 Å². The number of phenolic OH excluding ortho intramolecular Hbond substituents is 3. The van der Waals surface area contributed by atoms with Gasteiger partial charge in [-0.1, -0.05) is 63.2 Å². The lowest BCUT2D eigenvalue weighted by Crippen LogP contribution is -2.17. The number of hydrogen-bond acceptors (Lipinski definition) is 6. The molecule has 0 aliphatic heterocycles. The van der Waals surface area contributed by atoms with E-state index in [-0.39, 0.29) is 38.4 Å². The van der Waals surface area contributed by atoms with Gasteiger partial charge >= 0.3 is 0 Å². The molecule has 4 rings (SSSR count). The Morgan fingerprint density at radius 2 is 1.41 bits per heavy atom. The summed E-state index contributed by atoms with van der Waals surface area (Å²) in [6.07, 6.45) is 0.231. The Labute approximate surface area is 228 Å². The summed E-state index contributed by atoms with van der Waals surface area (Å²) in [5.74, 6) is -2.78. The van der Waals surface area contributed by atoms with Crippen LogP contribution in [-0.4, -0.2) is 29.6 Å². The van der Waals surface area contributed by atoms with Crippen LogP contribution in [0.2, 0.25) is 0 Å². The van der Waals surface area contributed by atoms with Gasteiger partial charge in [-0.05, 0) is 65.4 Å². The summed E-state index contributed by atoms with van der Waals surface area (Å²) in [5.41, 5.74) is 2.49. The summed E-state index contributed by atoms with van der Waals surface area (Å²) in [7, 11) is -3.82. The molecule has 0 aliphatic carbocycles. The third-order valence-electron chi connectivity index (χ3n) is 6.62. The molecule has 0 atom stereocenters. The maximum absolute atomic E-state index is 13.4. The lowest BCUT2D eigenvalue weighted by molar-refractivity contribution is 0.102. The largest absolute Gasteiger partial charge is 0.504 e. The van der Waals surface area contributed by atoms with Crippen LogP contribution in [0.25, 0.3) is 0 Å². The molecule has 0 aliphatic rings. The van der Waals surface area contributed by atoms with Crippen molar-refractivity contribution in [1.82, 2.24) is 0 Å². The van der Waals surface area contributed by atoms with Crippen molar-refractivity contribution in [2.45, 2.75) is 49.3 Å². The minimum absolute atomic E-state index is 0.0721. The van der Waals surface area contributed by atoms with Crippen molar-refractivity contribution < 1.29 is 28.5 Å². The highest BCUT2D eigenvalue weighted by Gasteiger charge is 2.27. The average Bonchev–Trinajstić information content (AvgIpc) is 2.90. The lowest BCUT2D eigenvalue weighted by Gasteiger charge is -2.22. The summed E-state index contributed by atoms with van der Waals surface area (Å²) in [4.78, 5) is 13.3. The zero-order valence-electron chi connectivity index (χ0n) is 22.2. The van der Waals surface area contributed by atoms with Gasteiger partial charge in [0.25, 0.3) is 5.91 Å². The highest BCUT2D eigenvalue weighted by Crippen LogP contribution is 2.41. The first-order chi connectivity index (χ1) is 18.3. The Balaban J connectivity index is 1.61. The van der Waals surface area contributed by atoms with Gasteiger partial charge in [0, 0.05) is 17.7 Å². The number of sulfone groups is 1. The van der Waals surface area contributed by atoms with Crippen LogP contribution in [0.5, 0.6) is 17.2 Å². The van der Waals surface area contributed by atoms with Gasteiger partial charge in [-0.2, -0.15) is 0 Å². The molecule has 0 saturated heterocycles. The Bertz CT molecular complexity index is 1650. The SMILES string of the molecule is Cc1ccccc1Cc1cc(C(=O)Nc2ccc(S(=O)(=O)c3ccccc3C(C)(C)C)cc2)c(O)c(O)c1O. The van der Waals surface area contributed by atoms with Gasteiger partial charge in [-0.15, -0.1) is 0 Å². The number of aromatic hydroxyl groups is 3. The van der Waals surface area contributed by atoms with Crippen molar-refractivity contribution >= 4 is 21.4 Å². The standard InChI is InChI=1S/C31H31NO6S/c1-19-9-5-6-10-20(19)17-21-18-24(28(34)29(35)27(21)33)30(36)32-22-13-15-23(16-14-22)39(37,38)26-12-8-7-11-25(26)31(2,3)4/h5-16,18,33-35H,17H2,1-4H3,(H,32,36). The highest BCUT2D eigenvalue weighted by molar-refractivity contribution is 7.91. The Hall–Kier alpha value is -4.30. The van der Waals surface area contributed by atoms with E-state index in [1.807, 2.05) is 52.0 Å². The molecule has 0 radical (unpaired) electrons. The van der Waals surface area contributed by atoms with E-state index in [2.05, 4.69) is 5.32 Å². The molecule has 0 heterocycles. The molecule has 0 fully saturated rings. The van der Waals surface area contributed by atoms with Gasteiger partial charge in [-0.3, -0.25) is 4.79 Å². The molecule has 7 nitrogen and oxygen atoms in total. The fourth-order valence-electron chi connectivity index (χ4n) is 4.39. The molecule has 0 unspecified atom stereocenters. The number of hydrogen-bond donors (Lipinski definition) is 4. The van der Waals surface area contributed by atoms with E-state index in [1.54, 1.807) is 24.3 Å². The van der Waals surface area contributed by atoms with Crippen LogP contribution >= 0.6 is 0 Å². The van der Waals surface area contributed by atoms with E-state index < -0.39 is 33.0 Å². The van der Waals surface area contributed by atoms with Crippen LogP contribution in [0.3, 0.4) is 0 Å². The topological polar surface area (TPSA) is 124 Å². The molecule has 4 aromatic carbocycles. The highest BCUT2D eigenvalue weighted by atomic mass is 32.2. The van der Waals surface area contributed by atoms with Crippen molar-refractivity contribution in [3.8, 4) is 17.2 Å². The average molecular weight is 546 g/mol. The molecule has 1 amide bonds. The predicted molar refractivity (Wildman–Crippen MR) is 150 cm³/mol. The van der Waals surface area contributed by atoms with Crippen LogP contribution in [-0.2, 0) is 21.7 Å². The molecule has 0 bridgehead atoms. The van der Waals surface area contributed by atoms with Gasteiger partial charge in [-0.25, -0.2) is 8.42 Å². The third-order valence-corrected chi connectivity index (χ3v) is 8.45. The van der Waals surface area contributed by atoms with Crippen LogP contribution in [0, 0.1) is 6.92 Å². The molecular formula is C31H31NO6S. The van der Waals surface area contributed by atoms with E-state index >= 15 is 0 Å². The quantitative estimate of drug-likeness (QED) is 0.218. The van der Waals surface area contributed by atoms with Gasteiger partial charge in [0.1, 0.15) is 0 Å². The zero-order valence-corrected chi connectivity index (χ0v) is 23.0. The van der Waals surface area contributed by atoms with E-state index in [0.717, 1.165) is 11.1 Å². The number of amides is 1. The lowest BCUT2D eigenvalue weighted by atomic mass is 9.87. The van der Waals surface area contributed by atoms with Gasteiger partial charge in [0.15, 0.2) is 11.5 Å². The van der Waals surface area contributed by atoms with Gasteiger partial charge in [0.05, 0.1) is 15.4 Å². The fraction of sp³-hybridized carbons (Fsp3) is 0.194. The molecular weight excluding hydrogens is 514 g/mol. The maximum Gasteiger partial charge on any atom is 0.259 e. The molecule has 39 heavy (non-hydrogen) atoms. The minimum atomic E-state index is -3.82. The molecule has 0 saturated carbocycles. The van der Waals surface area contributed by atoms with E-state index in [9.17, 15) is 28.5 Å². The van der Waals surface area contributed by atoms with Crippen LogP contribution in [0.1, 0.15) is 53.4 Å². The number of carbonyl (C=O) groups is 1. The van der Waals surface area contributed by atoms with Crippen molar-refractivity contribution in [2.24, 2.45) is 0 Å².